The molecule has 0 spiro atoms. The molecule has 0 bridgehead atoms. The number of hydrogen-bond donors (Lipinski definition) is 1. The molecule has 0 aliphatic rings. The summed E-state index contributed by atoms with van der Waals surface area (Å²) < 4.78 is 10.6. The van der Waals surface area contributed by atoms with E-state index in [1.165, 1.54) is 7.11 Å². The second-order valence-electron chi connectivity index (χ2n) is 6.80. The number of nitrogens with one attached hydrogen (secondary N) is 1. The predicted molar refractivity (Wildman–Crippen MR) is 109 cm³/mol. The monoisotopic (exact) mass is 380 g/mol. The predicted octanol–water partition coefficient (Wildman–Crippen LogP) is 3.60. The van der Waals surface area contributed by atoms with E-state index in [9.17, 15) is 9.59 Å². The van der Waals surface area contributed by atoms with Crippen LogP contribution in [0.2, 0.25) is 0 Å². The van der Waals surface area contributed by atoms with Gasteiger partial charge in [0.1, 0.15) is 11.5 Å². The summed E-state index contributed by atoms with van der Waals surface area (Å²) in [6.45, 7) is 4.04. The Bertz CT molecular complexity index is 1060. The fraction of sp³-hybridized carbons (Fsp3) is 0.273. The number of rotatable bonds is 6. The van der Waals surface area contributed by atoms with Crippen LogP contribution < -0.4 is 15.0 Å². The van der Waals surface area contributed by atoms with Gasteiger partial charge < -0.3 is 19.4 Å². The number of carbonyl (C=O) groups excluding carboxylic acids is 1. The number of fused-ring (bicyclic) bond motifs is 1. The molecule has 3 aromatic rings. The highest BCUT2D eigenvalue weighted by atomic mass is 16.5. The SMILES string of the molecule is COc1ccc2[nH]c(=O)c(CN(C(=O)c3ccccc3OC)C(C)C)cc2c1. The van der Waals surface area contributed by atoms with Gasteiger partial charge >= 0.3 is 0 Å². The zero-order valence-corrected chi connectivity index (χ0v) is 16.5. The molecule has 1 heterocycles. The van der Waals surface area contributed by atoms with Crippen LogP contribution in [0.15, 0.2) is 53.3 Å². The number of ether oxygens (including phenoxy) is 2. The first-order chi connectivity index (χ1) is 13.4. The number of H-pyrrole nitrogens is 1. The van der Waals surface area contributed by atoms with Gasteiger partial charge in [-0.15, -0.1) is 0 Å². The lowest BCUT2D eigenvalue weighted by Crippen LogP contribution is -2.38. The smallest absolute Gasteiger partial charge is 0.258 e. The number of benzene rings is 2. The summed E-state index contributed by atoms with van der Waals surface area (Å²) in [7, 11) is 3.13. The highest BCUT2D eigenvalue weighted by Gasteiger charge is 2.23. The van der Waals surface area contributed by atoms with E-state index in [2.05, 4.69) is 4.98 Å². The molecule has 0 saturated heterocycles. The van der Waals surface area contributed by atoms with Crippen molar-refractivity contribution in [2.45, 2.75) is 26.4 Å². The van der Waals surface area contributed by atoms with Crippen LogP contribution >= 0.6 is 0 Å². The molecule has 1 N–H and O–H groups in total. The van der Waals surface area contributed by atoms with Crippen molar-refractivity contribution in [2.24, 2.45) is 0 Å². The largest absolute Gasteiger partial charge is 0.497 e. The van der Waals surface area contributed by atoms with Crippen LogP contribution in [0.3, 0.4) is 0 Å². The molecule has 6 nitrogen and oxygen atoms in total. The standard InChI is InChI=1S/C22H24N2O4/c1-14(2)24(22(26)18-7-5-6-8-20(18)28-4)13-16-11-15-12-17(27-3)9-10-19(15)23-21(16)25/h5-12,14H,13H2,1-4H3,(H,23,25). The highest BCUT2D eigenvalue weighted by Crippen LogP contribution is 2.23. The van der Waals surface area contributed by atoms with Gasteiger partial charge in [-0.2, -0.15) is 0 Å². The van der Waals surface area contributed by atoms with Crippen molar-refractivity contribution < 1.29 is 14.3 Å². The molecule has 0 aliphatic carbocycles. The minimum absolute atomic E-state index is 0.0992. The van der Waals surface area contributed by atoms with Crippen molar-refractivity contribution in [1.82, 2.24) is 9.88 Å². The lowest BCUT2D eigenvalue weighted by atomic mass is 10.1. The van der Waals surface area contributed by atoms with Gasteiger partial charge in [0.05, 0.1) is 26.3 Å². The summed E-state index contributed by atoms with van der Waals surface area (Å²) in [6, 6.07) is 14.3. The van der Waals surface area contributed by atoms with E-state index in [1.54, 1.807) is 42.3 Å². The van der Waals surface area contributed by atoms with Gasteiger partial charge in [0.15, 0.2) is 0 Å². The molecule has 1 amide bonds. The van der Waals surface area contributed by atoms with Crippen molar-refractivity contribution in [3.63, 3.8) is 0 Å². The van der Waals surface area contributed by atoms with Crippen LogP contribution in [-0.2, 0) is 6.54 Å². The minimum Gasteiger partial charge on any atom is -0.497 e. The van der Waals surface area contributed by atoms with Crippen LogP contribution in [0.4, 0.5) is 0 Å². The van der Waals surface area contributed by atoms with Crippen molar-refractivity contribution in [3.8, 4) is 11.5 Å². The molecule has 0 fully saturated rings. The van der Waals surface area contributed by atoms with Gasteiger partial charge in [-0.1, -0.05) is 12.1 Å². The Morgan fingerprint density at radius 2 is 1.82 bits per heavy atom. The number of aromatic amines is 1. The molecule has 6 heteroatoms. The normalized spacial score (nSPS) is 10.9. The van der Waals surface area contributed by atoms with E-state index in [1.807, 2.05) is 32.0 Å². The Kier molecular flexibility index (Phi) is 5.68. The van der Waals surface area contributed by atoms with Crippen molar-refractivity contribution in [3.05, 3.63) is 70.0 Å². The molecule has 0 unspecified atom stereocenters. The number of pyridine rings is 1. The van der Waals surface area contributed by atoms with Crippen molar-refractivity contribution >= 4 is 16.8 Å². The van der Waals surface area contributed by atoms with E-state index >= 15 is 0 Å². The molecule has 2 aromatic carbocycles. The maximum absolute atomic E-state index is 13.2. The van der Waals surface area contributed by atoms with Gasteiger partial charge in [0.25, 0.3) is 11.5 Å². The van der Waals surface area contributed by atoms with E-state index in [0.29, 0.717) is 22.6 Å². The molecule has 0 atom stereocenters. The van der Waals surface area contributed by atoms with E-state index < -0.39 is 0 Å². The molecule has 28 heavy (non-hydrogen) atoms. The second-order valence-corrected chi connectivity index (χ2v) is 6.80. The fourth-order valence-corrected chi connectivity index (χ4v) is 3.12. The van der Waals surface area contributed by atoms with Crippen LogP contribution in [0.25, 0.3) is 10.9 Å². The number of para-hydroxylation sites is 1. The Hall–Kier alpha value is -3.28. The maximum Gasteiger partial charge on any atom is 0.258 e. The van der Waals surface area contributed by atoms with Crippen LogP contribution in [0, 0.1) is 0 Å². The summed E-state index contributed by atoms with van der Waals surface area (Å²) in [4.78, 5) is 30.3. The Balaban J connectivity index is 1.99. The number of nitrogens with zero attached hydrogens (tertiary/aromatic N) is 1. The topological polar surface area (TPSA) is 71.6 Å². The number of amides is 1. The zero-order chi connectivity index (χ0) is 20.3. The van der Waals surface area contributed by atoms with E-state index in [-0.39, 0.29) is 24.1 Å². The quantitative estimate of drug-likeness (QED) is 0.709. The third-order valence-corrected chi connectivity index (χ3v) is 4.69. The maximum atomic E-state index is 13.2. The van der Waals surface area contributed by atoms with E-state index in [4.69, 9.17) is 9.47 Å². The molecule has 146 valence electrons. The Morgan fingerprint density at radius 3 is 2.50 bits per heavy atom. The first kappa shape index (κ1) is 19.5. The molecular weight excluding hydrogens is 356 g/mol. The molecule has 3 rings (SSSR count). The first-order valence-corrected chi connectivity index (χ1v) is 9.08. The Labute approximate surface area is 163 Å². The number of aromatic nitrogens is 1. The number of carbonyl (C=O) groups is 1. The summed E-state index contributed by atoms with van der Waals surface area (Å²) in [6.07, 6.45) is 0. The summed E-state index contributed by atoms with van der Waals surface area (Å²) >= 11 is 0. The third-order valence-electron chi connectivity index (χ3n) is 4.69. The van der Waals surface area contributed by atoms with Gasteiger partial charge in [-0.05, 0) is 50.2 Å². The summed E-state index contributed by atoms with van der Waals surface area (Å²) in [5.74, 6) is 1.03. The lowest BCUT2D eigenvalue weighted by molar-refractivity contribution is 0.0686. The third kappa shape index (κ3) is 3.86. The molecule has 0 saturated carbocycles. The lowest BCUT2D eigenvalue weighted by Gasteiger charge is -2.27. The van der Waals surface area contributed by atoms with Crippen LogP contribution in [-0.4, -0.2) is 36.1 Å². The van der Waals surface area contributed by atoms with Gasteiger partial charge in [0.2, 0.25) is 0 Å². The number of methoxy groups -OCH3 is 2. The van der Waals surface area contributed by atoms with Crippen LogP contribution in [0.1, 0.15) is 29.8 Å². The molecular formula is C22H24N2O4. The highest BCUT2D eigenvalue weighted by molar-refractivity contribution is 5.97. The van der Waals surface area contributed by atoms with Crippen LogP contribution in [0.5, 0.6) is 11.5 Å². The minimum atomic E-state index is -0.212. The average molecular weight is 380 g/mol. The molecule has 0 aliphatic heterocycles. The molecule has 1 aromatic heterocycles. The Morgan fingerprint density at radius 1 is 1.07 bits per heavy atom. The zero-order valence-electron chi connectivity index (χ0n) is 16.5. The fourth-order valence-electron chi connectivity index (χ4n) is 3.12. The van der Waals surface area contributed by atoms with Gasteiger partial charge in [-0.3, -0.25) is 9.59 Å². The van der Waals surface area contributed by atoms with E-state index in [0.717, 1.165) is 10.9 Å². The number of hydrogen-bond acceptors (Lipinski definition) is 4. The second kappa shape index (κ2) is 8.17. The summed E-state index contributed by atoms with van der Waals surface area (Å²) in [5.41, 5.74) is 1.49. The van der Waals surface area contributed by atoms with Gasteiger partial charge in [0, 0.05) is 22.5 Å². The first-order valence-electron chi connectivity index (χ1n) is 9.08. The van der Waals surface area contributed by atoms with Gasteiger partial charge in [-0.25, -0.2) is 0 Å². The van der Waals surface area contributed by atoms with Crippen molar-refractivity contribution in [2.75, 3.05) is 14.2 Å². The average Bonchev–Trinajstić information content (AvgIpc) is 2.71. The molecule has 0 radical (unpaired) electrons. The summed E-state index contributed by atoms with van der Waals surface area (Å²) in [5, 5.41) is 0.849. The van der Waals surface area contributed by atoms with Crippen molar-refractivity contribution in [1.29, 1.82) is 0 Å².